The van der Waals surface area contributed by atoms with Gasteiger partial charge in [0.05, 0.1) is 5.56 Å². The second kappa shape index (κ2) is 9.37. The Balaban J connectivity index is 1.81. The van der Waals surface area contributed by atoms with Crippen molar-refractivity contribution in [2.45, 2.75) is 72.1 Å². The monoisotopic (exact) mass is 539 g/mol. The first-order chi connectivity index (χ1) is 27.8. The Morgan fingerprint density at radius 1 is 0.872 bits per heavy atom. The standard InChI is InChI=1S/C37H42NO/c1-22(2)20-37(21-23(3)4)30-12-10-9-11-29(30)34-31(37)16-15-28-27-14-13-25(7)33(35(27)39-36(28)34)32-19-26(24(5)6)17-18-38(32)8/h9-19,22-24H,20-21H2,1-8H3/q+1/i1D3,2D3,3D3,4D3,5D3,6D3,20D2,22D,23D,24D. The lowest BCUT2D eigenvalue weighted by atomic mass is 9.68. The molecule has 0 spiro atoms. The summed E-state index contributed by atoms with van der Waals surface area (Å²) in [4.78, 5) is 0. The SMILES string of the molecule is [2H]C([2H])([2H])C([2H])(CC1(C([2H])([2H])C([2H])(C([2H])([2H])[2H])C([2H])([2H])[2H])c2ccccc2-c2c1ccc1c2oc2c(-c3cc(C([2H])(C([2H])([2H])[2H])C([2H])([2H])[2H])cc[n+]3C)c(C)ccc21)C([2H])([2H])[2H]. The number of benzene rings is 3. The number of rotatable bonds is 6. The van der Waals surface area contributed by atoms with E-state index in [0.717, 1.165) is 0 Å². The number of fused-ring (bicyclic) bond motifs is 7. The van der Waals surface area contributed by atoms with Crippen molar-refractivity contribution in [2.24, 2.45) is 18.8 Å². The van der Waals surface area contributed by atoms with Crippen LogP contribution >= 0.6 is 0 Å². The lowest BCUT2D eigenvalue weighted by molar-refractivity contribution is -0.660. The highest BCUT2D eigenvalue weighted by Crippen LogP contribution is 2.57. The number of nitrogens with zero attached hydrogens (tertiary/aromatic N) is 1. The molecule has 39 heavy (non-hydrogen) atoms. The van der Waals surface area contributed by atoms with Crippen LogP contribution in [-0.2, 0) is 12.5 Å². The maximum absolute atomic E-state index is 9.74. The van der Waals surface area contributed by atoms with Crippen LogP contribution in [0.5, 0.6) is 0 Å². The molecule has 2 nitrogen and oxygen atoms in total. The second-order valence-corrected chi connectivity index (χ2v) is 9.99. The van der Waals surface area contributed by atoms with Crippen LogP contribution < -0.4 is 4.57 Å². The zero-order valence-corrected chi connectivity index (χ0v) is 21.4. The summed E-state index contributed by atoms with van der Waals surface area (Å²) in [7, 11) is 1.59. The van der Waals surface area contributed by atoms with Crippen molar-refractivity contribution in [3.63, 3.8) is 0 Å². The minimum atomic E-state index is -4.09. The predicted octanol–water partition coefficient (Wildman–Crippen LogP) is 9.87. The summed E-state index contributed by atoms with van der Waals surface area (Å²) in [5, 5.41) is 0.701. The van der Waals surface area contributed by atoms with Gasteiger partial charge in [0.25, 0.3) is 0 Å². The Kier molecular flexibility index (Phi) is 2.53. The maximum atomic E-state index is 9.74. The van der Waals surface area contributed by atoms with E-state index in [1.807, 2.05) is 0 Å². The summed E-state index contributed by atoms with van der Waals surface area (Å²) in [5.74, 6) is -10.8. The quantitative estimate of drug-likeness (QED) is 0.196. The van der Waals surface area contributed by atoms with Gasteiger partial charge in [-0.1, -0.05) is 89.6 Å². The van der Waals surface area contributed by atoms with Gasteiger partial charge in [-0.3, -0.25) is 0 Å². The third kappa shape index (κ3) is 3.94. The number of aryl methyl sites for hydroxylation is 2. The Labute approximate surface area is 266 Å². The fourth-order valence-electron chi connectivity index (χ4n) is 5.98. The van der Waals surface area contributed by atoms with Crippen molar-refractivity contribution < 1.29 is 40.5 Å². The van der Waals surface area contributed by atoms with Crippen LogP contribution in [0.2, 0.25) is 0 Å². The fraction of sp³-hybridized carbons (Fsp3) is 0.378. The minimum absolute atomic E-state index is 0.0352. The molecule has 2 aromatic heterocycles. The molecule has 2 heterocycles. The lowest BCUT2D eigenvalue weighted by Crippen LogP contribution is -2.31. The van der Waals surface area contributed by atoms with Crippen LogP contribution in [0.4, 0.5) is 0 Å². The molecule has 6 rings (SSSR count). The molecule has 0 amide bonds. The van der Waals surface area contributed by atoms with Gasteiger partial charge in [-0.2, -0.15) is 0 Å². The first kappa shape index (κ1) is 10.5. The zero-order valence-electron chi connectivity index (χ0n) is 44.4. The van der Waals surface area contributed by atoms with E-state index >= 15 is 0 Å². The van der Waals surface area contributed by atoms with Crippen molar-refractivity contribution in [1.29, 1.82) is 0 Å². The van der Waals surface area contributed by atoms with Crippen LogP contribution in [-0.4, -0.2) is 0 Å². The molecule has 0 bridgehead atoms. The van der Waals surface area contributed by atoms with Crippen LogP contribution in [0, 0.1) is 18.7 Å². The van der Waals surface area contributed by atoms with Crippen molar-refractivity contribution >= 4 is 21.9 Å². The van der Waals surface area contributed by atoms with E-state index in [-0.39, 0.29) is 44.7 Å². The van der Waals surface area contributed by atoms with E-state index in [2.05, 4.69) is 0 Å². The molecule has 200 valence electrons. The van der Waals surface area contributed by atoms with Gasteiger partial charge >= 0.3 is 0 Å². The summed E-state index contributed by atoms with van der Waals surface area (Å²) in [5.41, 5.74) is -2.87. The molecule has 1 unspecified atom stereocenters. The Morgan fingerprint density at radius 2 is 1.62 bits per heavy atom. The van der Waals surface area contributed by atoms with Crippen molar-refractivity contribution in [1.82, 2.24) is 0 Å². The highest BCUT2D eigenvalue weighted by Gasteiger charge is 2.45. The van der Waals surface area contributed by atoms with Gasteiger partial charge in [0, 0.05) is 65.4 Å². The Bertz CT molecular complexity index is 2540. The molecule has 0 saturated heterocycles. The molecule has 1 aliphatic carbocycles. The van der Waals surface area contributed by atoms with Crippen LogP contribution in [0.3, 0.4) is 0 Å². The van der Waals surface area contributed by atoms with E-state index in [4.69, 9.17) is 30.5 Å². The van der Waals surface area contributed by atoms with Crippen LogP contribution in [0.15, 0.2) is 71.3 Å². The largest absolute Gasteiger partial charge is 0.454 e. The summed E-state index contributed by atoms with van der Waals surface area (Å²) in [6.45, 7) is -20.3. The van der Waals surface area contributed by atoms with Gasteiger partial charge in [-0.25, -0.2) is 4.57 Å². The predicted molar refractivity (Wildman–Crippen MR) is 164 cm³/mol. The average molecular weight is 540 g/mol. The van der Waals surface area contributed by atoms with E-state index < -0.39 is 77.0 Å². The van der Waals surface area contributed by atoms with E-state index in [0.29, 0.717) is 21.9 Å². The normalized spacial score (nSPS) is 28.5. The van der Waals surface area contributed by atoms with Gasteiger partial charge in [0.2, 0.25) is 5.69 Å². The summed E-state index contributed by atoms with van der Waals surface area (Å²) in [6, 6.07) is 14.0. The molecule has 3 aromatic carbocycles. The second-order valence-electron chi connectivity index (χ2n) is 9.99. The highest BCUT2D eigenvalue weighted by molar-refractivity contribution is 6.14. The van der Waals surface area contributed by atoms with Gasteiger partial charge < -0.3 is 4.42 Å². The first-order valence-electron chi connectivity index (χ1n) is 23.9. The van der Waals surface area contributed by atoms with Gasteiger partial charge in [0.1, 0.15) is 18.2 Å². The van der Waals surface area contributed by atoms with Crippen LogP contribution in [0.1, 0.15) is 114 Å². The summed E-state index contributed by atoms with van der Waals surface area (Å²) < 4.78 is 203. The summed E-state index contributed by atoms with van der Waals surface area (Å²) >= 11 is 0. The number of hydrogen-bond donors (Lipinski definition) is 0. The Hall–Kier alpha value is -3.39. The number of furan rings is 1. The van der Waals surface area contributed by atoms with Gasteiger partial charge in [0.15, 0.2) is 6.20 Å². The van der Waals surface area contributed by atoms with Crippen LogP contribution in [0.25, 0.3) is 44.3 Å². The molecule has 0 fully saturated rings. The number of pyridine rings is 1. The molecular weight excluding hydrogens is 474 g/mol. The number of hydrogen-bond acceptors (Lipinski definition) is 1. The molecule has 5 aromatic rings. The molecule has 0 radical (unpaired) electrons. The summed E-state index contributed by atoms with van der Waals surface area (Å²) in [6.07, 6.45) is -4.09. The first-order valence-corrected chi connectivity index (χ1v) is 12.4. The Morgan fingerprint density at radius 3 is 2.38 bits per heavy atom. The molecular formula is C37H42NO+. The molecule has 1 aliphatic rings. The number of aromatic nitrogens is 1. The topological polar surface area (TPSA) is 17.0 Å². The molecule has 0 saturated carbocycles. The van der Waals surface area contributed by atoms with Gasteiger partial charge in [-0.05, 0) is 65.2 Å². The minimum Gasteiger partial charge on any atom is -0.454 e. The van der Waals surface area contributed by atoms with E-state index in [1.165, 1.54) is 54.7 Å². The maximum Gasteiger partial charge on any atom is 0.216 e. The zero-order chi connectivity index (χ0) is 47.2. The van der Waals surface area contributed by atoms with Crippen molar-refractivity contribution in [2.75, 3.05) is 0 Å². The molecule has 0 aliphatic heterocycles. The lowest BCUT2D eigenvalue weighted by Gasteiger charge is -2.35. The third-order valence-electron chi connectivity index (χ3n) is 7.61. The molecule has 1 atom stereocenters. The highest BCUT2D eigenvalue weighted by atomic mass is 16.3. The fourth-order valence-corrected chi connectivity index (χ4v) is 5.98. The third-order valence-corrected chi connectivity index (χ3v) is 7.61. The van der Waals surface area contributed by atoms with Gasteiger partial charge in [-0.15, -0.1) is 0 Å². The van der Waals surface area contributed by atoms with Crippen molar-refractivity contribution in [3.05, 3.63) is 89.1 Å². The average Bonchev–Trinajstić information content (AvgIpc) is 3.62. The molecule has 0 N–H and O–H groups in total. The molecule has 2 heteroatoms. The van der Waals surface area contributed by atoms with Crippen molar-refractivity contribution in [3.8, 4) is 22.4 Å². The van der Waals surface area contributed by atoms with E-state index in [1.54, 1.807) is 30.7 Å². The smallest absolute Gasteiger partial charge is 0.216 e. The van der Waals surface area contributed by atoms with E-state index in [9.17, 15) is 5.48 Å².